The van der Waals surface area contributed by atoms with Crippen LogP contribution in [-0.4, -0.2) is 39.6 Å². The molecule has 4 N–H and O–H groups in total. The first-order chi connectivity index (χ1) is 10.3. The van der Waals surface area contributed by atoms with Crippen molar-refractivity contribution in [3.63, 3.8) is 0 Å². The summed E-state index contributed by atoms with van der Waals surface area (Å²) < 4.78 is 24.1. The molecule has 0 aromatic heterocycles. The van der Waals surface area contributed by atoms with Gasteiger partial charge in [-0.3, -0.25) is 4.79 Å². The molecule has 0 bridgehead atoms. The van der Waals surface area contributed by atoms with Gasteiger partial charge >= 0.3 is 0 Å². The van der Waals surface area contributed by atoms with Crippen LogP contribution in [0.1, 0.15) is 16.8 Å². The molecule has 2 rings (SSSR count). The zero-order valence-corrected chi connectivity index (χ0v) is 13.0. The normalized spacial score (nSPS) is 14.7. The van der Waals surface area contributed by atoms with Gasteiger partial charge in [-0.2, -0.15) is 4.99 Å². The van der Waals surface area contributed by atoms with E-state index in [0.717, 1.165) is 19.2 Å². The number of carbonyl (C=O) groups is 1. The molecule has 22 heavy (non-hydrogen) atoms. The molecule has 7 nitrogen and oxygen atoms in total. The predicted molar refractivity (Wildman–Crippen MR) is 85.7 cm³/mol. The molecule has 0 atom stereocenters. The van der Waals surface area contributed by atoms with E-state index in [1.54, 1.807) is 6.07 Å². The second kappa shape index (κ2) is 6.18. The summed E-state index contributed by atoms with van der Waals surface area (Å²) in [5.74, 6) is -1.04. The van der Waals surface area contributed by atoms with Gasteiger partial charge in [0.2, 0.25) is 0 Å². The van der Waals surface area contributed by atoms with Gasteiger partial charge in [0.15, 0.2) is 15.8 Å². The van der Waals surface area contributed by atoms with Gasteiger partial charge in [-0.15, -0.1) is 0 Å². The van der Waals surface area contributed by atoms with Crippen LogP contribution >= 0.6 is 0 Å². The van der Waals surface area contributed by atoms with Crippen LogP contribution in [0.5, 0.6) is 0 Å². The lowest BCUT2D eigenvalue weighted by molar-refractivity contribution is 0.100. The third-order valence-electron chi connectivity index (χ3n) is 3.24. The number of anilines is 1. The van der Waals surface area contributed by atoms with E-state index in [9.17, 15) is 13.2 Å². The van der Waals surface area contributed by atoms with Crippen molar-refractivity contribution in [2.75, 3.05) is 24.2 Å². The fourth-order valence-corrected chi connectivity index (χ4v) is 3.17. The van der Waals surface area contributed by atoms with Gasteiger partial charge in [-0.05, 0) is 24.6 Å². The highest BCUT2D eigenvalue weighted by Gasteiger charge is 2.20. The monoisotopic (exact) mass is 322 g/mol. The Kier molecular flexibility index (Phi) is 4.51. The fraction of sp³-hybridized carbons (Fsp3) is 0.286. The average Bonchev–Trinajstić information content (AvgIpc) is 2.46. The van der Waals surface area contributed by atoms with Crippen molar-refractivity contribution in [2.45, 2.75) is 11.3 Å². The maximum atomic E-state index is 12.1. The van der Waals surface area contributed by atoms with Crippen LogP contribution in [0.3, 0.4) is 0 Å². The van der Waals surface area contributed by atoms with Crippen LogP contribution in [0.15, 0.2) is 40.2 Å². The molecule has 0 spiro atoms. The number of sulfone groups is 1. The van der Waals surface area contributed by atoms with E-state index in [-0.39, 0.29) is 16.4 Å². The van der Waals surface area contributed by atoms with Crippen molar-refractivity contribution in [1.82, 2.24) is 0 Å². The van der Waals surface area contributed by atoms with Gasteiger partial charge < -0.3 is 16.4 Å². The Hall–Kier alpha value is -2.35. The summed E-state index contributed by atoms with van der Waals surface area (Å²) in [5, 5.41) is 0. The second-order valence-corrected chi connectivity index (χ2v) is 6.99. The number of guanidine groups is 1. The van der Waals surface area contributed by atoms with Crippen molar-refractivity contribution in [1.29, 1.82) is 0 Å². The van der Waals surface area contributed by atoms with Gasteiger partial charge in [0.05, 0.1) is 10.6 Å². The standard InChI is InChI=1S/C14H18N4O3S/c1-22(20,21)12-9-10(13(19)17-14(15)16)5-6-11(12)18-7-3-2-4-8-18/h2-3,5-6,9H,4,7-8H2,1H3,(H4,15,16,17,19). The molecule has 0 aliphatic carbocycles. The molecule has 0 saturated heterocycles. The molecule has 1 amide bonds. The quantitative estimate of drug-likeness (QED) is 0.468. The number of benzene rings is 1. The van der Waals surface area contributed by atoms with Gasteiger partial charge in [0, 0.05) is 24.9 Å². The molecular formula is C14H18N4O3S. The molecular weight excluding hydrogens is 304 g/mol. The first kappa shape index (κ1) is 16.0. The molecule has 0 saturated carbocycles. The van der Waals surface area contributed by atoms with E-state index >= 15 is 0 Å². The zero-order valence-electron chi connectivity index (χ0n) is 12.2. The molecule has 1 aromatic rings. The van der Waals surface area contributed by atoms with E-state index in [0.29, 0.717) is 12.2 Å². The first-order valence-corrected chi connectivity index (χ1v) is 8.56. The molecule has 1 aliphatic rings. The average molecular weight is 322 g/mol. The van der Waals surface area contributed by atoms with Crippen molar-refractivity contribution in [2.24, 2.45) is 16.5 Å². The van der Waals surface area contributed by atoms with Crippen molar-refractivity contribution in [3.8, 4) is 0 Å². The molecule has 1 aromatic carbocycles. The minimum Gasteiger partial charge on any atom is -0.370 e. The van der Waals surface area contributed by atoms with Crippen molar-refractivity contribution < 1.29 is 13.2 Å². The lowest BCUT2D eigenvalue weighted by atomic mass is 10.1. The summed E-state index contributed by atoms with van der Waals surface area (Å²) in [6.07, 6.45) is 5.99. The number of carbonyl (C=O) groups excluding carboxylic acids is 1. The highest BCUT2D eigenvalue weighted by molar-refractivity contribution is 7.90. The predicted octanol–water partition coefficient (Wildman–Crippen LogP) is 0.270. The molecule has 0 fully saturated rings. The lowest BCUT2D eigenvalue weighted by Gasteiger charge is -2.27. The highest BCUT2D eigenvalue weighted by Crippen LogP contribution is 2.28. The van der Waals surface area contributed by atoms with Gasteiger partial charge in [0.25, 0.3) is 5.91 Å². The van der Waals surface area contributed by atoms with E-state index in [2.05, 4.69) is 4.99 Å². The van der Waals surface area contributed by atoms with Crippen LogP contribution in [0.2, 0.25) is 0 Å². The first-order valence-electron chi connectivity index (χ1n) is 6.67. The van der Waals surface area contributed by atoms with Crippen LogP contribution in [0.25, 0.3) is 0 Å². The number of amides is 1. The molecule has 8 heteroatoms. The smallest absolute Gasteiger partial charge is 0.280 e. The Morgan fingerprint density at radius 1 is 1.27 bits per heavy atom. The van der Waals surface area contributed by atoms with E-state index in [4.69, 9.17) is 11.5 Å². The maximum absolute atomic E-state index is 12.1. The number of hydrogen-bond acceptors (Lipinski definition) is 4. The van der Waals surface area contributed by atoms with Gasteiger partial charge in [-0.1, -0.05) is 12.2 Å². The third kappa shape index (κ3) is 3.64. The summed E-state index contributed by atoms with van der Waals surface area (Å²) in [6.45, 7) is 1.35. The molecule has 1 heterocycles. The SMILES string of the molecule is CS(=O)(=O)c1cc(C(=O)N=C(N)N)ccc1N1CC=CCC1. The topological polar surface area (TPSA) is 119 Å². The zero-order chi connectivity index (χ0) is 16.3. The summed E-state index contributed by atoms with van der Waals surface area (Å²) in [7, 11) is -3.50. The molecule has 118 valence electrons. The molecule has 1 aliphatic heterocycles. The Labute approximate surface area is 129 Å². The highest BCUT2D eigenvalue weighted by atomic mass is 32.2. The van der Waals surface area contributed by atoms with Gasteiger partial charge in [0.1, 0.15) is 0 Å². The summed E-state index contributed by atoms with van der Waals surface area (Å²) in [5.41, 5.74) is 11.1. The van der Waals surface area contributed by atoms with E-state index in [1.807, 2.05) is 17.1 Å². The fourth-order valence-electron chi connectivity index (χ4n) is 2.25. The Morgan fingerprint density at radius 2 is 2.00 bits per heavy atom. The summed E-state index contributed by atoms with van der Waals surface area (Å²) in [4.78, 5) is 17.3. The number of rotatable bonds is 3. The maximum Gasteiger partial charge on any atom is 0.280 e. The number of aliphatic imine (C=N–C) groups is 1. The van der Waals surface area contributed by atoms with Crippen LogP contribution < -0.4 is 16.4 Å². The molecule has 0 radical (unpaired) electrons. The Balaban J connectivity index is 2.50. The number of nitrogens with zero attached hydrogens (tertiary/aromatic N) is 2. The Bertz CT molecular complexity index is 749. The van der Waals surface area contributed by atoms with Crippen molar-refractivity contribution in [3.05, 3.63) is 35.9 Å². The largest absolute Gasteiger partial charge is 0.370 e. The Morgan fingerprint density at radius 3 is 2.55 bits per heavy atom. The van der Waals surface area contributed by atoms with E-state index in [1.165, 1.54) is 12.1 Å². The minimum atomic E-state index is -3.50. The lowest BCUT2D eigenvalue weighted by Crippen LogP contribution is -2.28. The van der Waals surface area contributed by atoms with Gasteiger partial charge in [-0.25, -0.2) is 8.42 Å². The van der Waals surface area contributed by atoms with Crippen LogP contribution in [0, 0.1) is 0 Å². The number of nitrogens with two attached hydrogens (primary N) is 2. The number of hydrogen-bond donors (Lipinski definition) is 2. The van der Waals surface area contributed by atoms with Crippen LogP contribution in [-0.2, 0) is 9.84 Å². The van der Waals surface area contributed by atoms with Crippen LogP contribution in [0.4, 0.5) is 5.69 Å². The summed E-state index contributed by atoms with van der Waals surface area (Å²) >= 11 is 0. The summed E-state index contributed by atoms with van der Waals surface area (Å²) in [6, 6.07) is 4.46. The minimum absolute atomic E-state index is 0.0967. The third-order valence-corrected chi connectivity index (χ3v) is 4.36. The molecule has 0 unspecified atom stereocenters. The van der Waals surface area contributed by atoms with Crippen molar-refractivity contribution >= 4 is 27.4 Å². The van der Waals surface area contributed by atoms with E-state index < -0.39 is 15.7 Å². The second-order valence-electron chi connectivity index (χ2n) is 5.00.